The number of carbonyl (C=O) groups excluding carboxylic acids is 1. The van der Waals surface area contributed by atoms with E-state index < -0.39 is 10.0 Å². The summed E-state index contributed by atoms with van der Waals surface area (Å²) in [5.74, 6) is 0.210. The lowest BCUT2D eigenvalue weighted by atomic mass is 10.2. The van der Waals surface area contributed by atoms with Crippen LogP contribution in [0.1, 0.15) is 17.3 Å². The van der Waals surface area contributed by atoms with Crippen molar-refractivity contribution in [1.82, 2.24) is 5.06 Å². The summed E-state index contributed by atoms with van der Waals surface area (Å²) in [6.07, 6.45) is 0. The first kappa shape index (κ1) is 18.8. The lowest BCUT2D eigenvalue weighted by molar-refractivity contribution is -0.0756. The van der Waals surface area contributed by atoms with Crippen LogP contribution in [0.5, 0.6) is 5.75 Å². The van der Waals surface area contributed by atoms with E-state index in [2.05, 4.69) is 4.72 Å². The second kappa shape index (κ2) is 8.00. The largest absolute Gasteiger partial charge is 0.494 e. The third-order valence-electron chi connectivity index (χ3n) is 3.37. The Morgan fingerprint density at radius 3 is 2.44 bits per heavy atom. The minimum Gasteiger partial charge on any atom is -0.494 e. The van der Waals surface area contributed by atoms with Gasteiger partial charge in [-0.2, -0.15) is 0 Å². The first-order valence-electron chi connectivity index (χ1n) is 7.55. The molecule has 0 atom stereocenters. The molecule has 2 rings (SSSR count). The summed E-state index contributed by atoms with van der Waals surface area (Å²) in [5.41, 5.74) is 0.584. The predicted molar refractivity (Wildman–Crippen MR) is 94.0 cm³/mol. The molecule has 0 heterocycles. The molecular formula is C17H20N2O5S. The summed E-state index contributed by atoms with van der Waals surface area (Å²) in [5, 5.41) is 1.06. The highest BCUT2D eigenvalue weighted by atomic mass is 32.2. The van der Waals surface area contributed by atoms with Crippen LogP contribution in [0.25, 0.3) is 0 Å². The fraction of sp³-hybridized carbons (Fsp3) is 0.235. The summed E-state index contributed by atoms with van der Waals surface area (Å²) in [4.78, 5) is 17.0. The Kier molecular flexibility index (Phi) is 6.00. The summed E-state index contributed by atoms with van der Waals surface area (Å²) < 4.78 is 32.7. The second-order valence-electron chi connectivity index (χ2n) is 5.08. The molecule has 0 saturated heterocycles. The van der Waals surface area contributed by atoms with E-state index in [1.54, 1.807) is 30.3 Å². The average molecular weight is 364 g/mol. The van der Waals surface area contributed by atoms with Gasteiger partial charge in [-0.3, -0.25) is 14.4 Å². The lowest BCUT2D eigenvalue weighted by Crippen LogP contribution is -2.25. The Morgan fingerprint density at radius 2 is 1.84 bits per heavy atom. The smallest absolute Gasteiger partial charge is 0.277 e. The molecule has 0 fully saturated rings. The number of hydrogen-bond acceptors (Lipinski definition) is 5. The Labute approximate surface area is 147 Å². The molecule has 25 heavy (non-hydrogen) atoms. The molecule has 0 unspecified atom stereocenters. The molecule has 0 radical (unpaired) electrons. The molecule has 134 valence electrons. The van der Waals surface area contributed by atoms with Crippen LogP contribution in [-0.2, 0) is 14.9 Å². The number of carbonyl (C=O) groups is 1. The Bertz CT molecular complexity index is 834. The van der Waals surface area contributed by atoms with Gasteiger partial charge in [0.15, 0.2) is 0 Å². The monoisotopic (exact) mass is 364 g/mol. The van der Waals surface area contributed by atoms with Gasteiger partial charge in [0, 0.05) is 18.3 Å². The average Bonchev–Trinajstić information content (AvgIpc) is 2.61. The minimum atomic E-state index is -3.78. The molecule has 0 aliphatic carbocycles. The van der Waals surface area contributed by atoms with Crippen molar-refractivity contribution in [3.8, 4) is 5.75 Å². The molecule has 2 aromatic carbocycles. The maximum Gasteiger partial charge on any atom is 0.277 e. The molecule has 0 saturated carbocycles. The fourth-order valence-electron chi connectivity index (χ4n) is 2.08. The number of rotatable bonds is 7. The molecule has 0 bridgehead atoms. The van der Waals surface area contributed by atoms with Crippen molar-refractivity contribution in [2.24, 2.45) is 0 Å². The zero-order chi connectivity index (χ0) is 18.4. The maximum atomic E-state index is 12.5. The van der Waals surface area contributed by atoms with Crippen molar-refractivity contribution in [3.63, 3.8) is 0 Å². The number of nitrogens with one attached hydrogen (secondary N) is 1. The van der Waals surface area contributed by atoms with Gasteiger partial charge >= 0.3 is 0 Å². The Balaban J connectivity index is 2.21. The highest BCUT2D eigenvalue weighted by molar-refractivity contribution is 7.92. The third-order valence-corrected chi connectivity index (χ3v) is 4.76. The van der Waals surface area contributed by atoms with E-state index in [9.17, 15) is 13.2 Å². The van der Waals surface area contributed by atoms with Gasteiger partial charge < -0.3 is 4.74 Å². The van der Waals surface area contributed by atoms with Crippen molar-refractivity contribution >= 4 is 21.6 Å². The maximum absolute atomic E-state index is 12.5. The topological polar surface area (TPSA) is 84.9 Å². The molecule has 7 nitrogen and oxygen atoms in total. The van der Waals surface area contributed by atoms with Gasteiger partial charge in [0.1, 0.15) is 5.75 Å². The van der Waals surface area contributed by atoms with Crippen molar-refractivity contribution in [2.75, 3.05) is 25.5 Å². The summed E-state index contributed by atoms with van der Waals surface area (Å²) in [6, 6.07) is 12.3. The zero-order valence-corrected chi connectivity index (χ0v) is 15.0. The van der Waals surface area contributed by atoms with Crippen LogP contribution in [-0.4, -0.2) is 40.2 Å². The van der Waals surface area contributed by atoms with Gasteiger partial charge in [0.05, 0.1) is 18.6 Å². The second-order valence-corrected chi connectivity index (χ2v) is 6.76. The van der Waals surface area contributed by atoms with E-state index in [1.807, 2.05) is 6.92 Å². The summed E-state index contributed by atoms with van der Waals surface area (Å²) in [7, 11) is -0.932. The van der Waals surface area contributed by atoms with Crippen molar-refractivity contribution < 1.29 is 22.8 Å². The van der Waals surface area contributed by atoms with Crippen LogP contribution in [0.3, 0.4) is 0 Å². The molecule has 0 aromatic heterocycles. The molecule has 1 N–H and O–H groups in total. The number of nitrogens with zero attached hydrogens (tertiary/aromatic N) is 1. The van der Waals surface area contributed by atoms with Gasteiger partial charge in [-0.25, -0.2) is 13.5 Å². The number of benzene rings is 2. The van der Waals surface area contributed by atoms with Crippen LogP contribution in [0.4, 0.5) is 5.69 Å². The van der Waals surface area contributed by atoms with Crippen molar-refractivity contribution in [3.05, 3.63) is 54.1 Å². The molecule has 0 spiro atoms. The van der Waals surface area contributed by atoms with Crippen LogP contribution in [0.15, 0.2) is 53.4 Å². The number of ether oxygens (including phenoxy) is 1. The first-order chi connectivity index (χ1) is 11.9. The van der Waals surface area contributed by atoms with Gasteiger partial charge in [0.25, 0.3) is 15.9 Å². The van der Waals surface area contributed by atoms with Gasteiger partial charge in [-0.1, -0.05) is 6.07 Å². The molecule has 1 amide bonds. The van der Waals surface area contributed by atoms with E-state index in [0.717, 1.165) is 5.06 Å². The van der Waals surface area contributed by atoms with Crippen LogP contribution >= 0.6 is 0 Å². The van der Waals surface area contributed by atoms with Gasteiger partial charge in [0.2, 0.25) is 0 Å². The Morgan fingerprint density at radius 1 is 1.16 bits per heavy atom. The molecular weight excluding hydrogens is 344 g/mol. The van der Waals surface area contributed by atoms with E-state index in [0.29, 0.717) is 17.9 Å². The summed E-state index contributed by atoms with van der Waals surface area (Å²) >= 11 is 0. The number of sulfonamides is 1. The van der Waals surface area contributed by atoms with E-state index >= 15 is 0 Å². The number of hydrogen-bond donors (Lipinski definition) is 1. The van der Waals surface area contributed by atoms with Crippen LogP contribution in [0.2, 0.25) is 0 Å². The van der Waals surface area contributed by atoms with E-state index in [4.69, 9.17) is 9.57 Å². The molecule has 8 heteroatoms. The van der Waals surface area contributed by atoms with Crippen molar-refractivity contribution in [1.29, 1.82) is 0 Å². The lowest BCUT2D eigenvalue weighted by Gasteiger charge is -2.14. The summed E-state index contributed by atoms with van der Waals surface area (Å²) in [6.45, 7) is 2.35. The third kappa shape index (κ3) is 4.71. The zero-order valence-electron chi connectivity index (χ0n) is 14.2. The van der Waals surface area contributed by atoms with Crippen LogP contribution in [0, 0.1) is 0 Å². The van der Waals surface area contributed by atoms with Gasteiger partial charge in [-0.15, -0.1) is 0 Å². The number of anilines is 1. The Hall–Kier alpha value is -2.58. The quantitative estimate of drug-likeness (QED) is 0.763. The highest BCUT2D eigenvalue weighted by Crippen LogP contribution is 2.20. The highest BCUT2D eigenvalue weighted by Gasteiger charge is 2.16. The molecule has 0 aliphatic rings. The van der Waals surface area contributed by atoms with E-state index in [1.165, 1.54) is 32.4 Å². The number of hydroxylamine groups is 2. The normalized spacial score (nSPS) is 11.0. The standard InChI is InChI=1S/C17H20N2O5S/c1-4-24-15-8-10-16(11-9-15)25(21,22)18-14-7-5-6-13(12-14)17(20)19(2)23-3/h5-12,18H,4H2,1-3H3. The predicted octanol–water partition coefficient (Wildman–Crippen LogP) is 2.52. The molecule has 0 aliphatic heterocycles. The fourth-order valence-corrected chi connectivity index (χ4v) is 3.13. The van der Waals surface area contributed by atoms with Crippen molar-refractivity contribution in [2.45, 2.75) is 11.8 Å². The minimum absolute atomic E-state index is 0.0988. The SMILES string of the molecule is CCOc1ccc(S(=O)(=O)Nc2cccc(C(=O)N(C)OC)c2)cc1. The van der Waals surface area contributed by atoms with E-state index in [-0.39, 0.29) is 16.5 Å². The number of amides is 1. The van der Waals surface area contributed by atoms with Gasteiger partial charge in [-0.05, 0) is 49.4 Å². The molecule has 2 aromatic rings. The first-order valence-corrected chi connectivity index (χ1v) is 9.03. The van der Waals surface area contributed by atoms with Crippen LogP contribution < -0.4 is 9.46 Å².